The van der Waals surface area contributed by atoms with E-state index in [9.17, 15) is 0 Å². The Kier molecular flexibility index (Phi) is 4.52. The SMILES string of the molecule is C#CC(CCC)NCc1cncs1. The molecule has 1 atom stereocenters. The highest BCUT2D eigenvalue weighted by Crippen LogP contribution is 2.05. The van der Waals surface area contributed by atoms with E-state index in [4.69, 9.17) is 6.42 Å². The van der Waals surface area contributed by atoms with Crippen LogP contribution in [0.2, 0.25) is 0 Å². The molecule has 1 N–H and O–H groups in total. The van der Waals surface area contributed by atoms with E-state index >= 15 is 0 Å². The fraction of sp³-hybridized carbons (Fsp3) is 0.500. The third kappa shape index (κ3) is 3.58. The molecule has 1 aromatic heterocycles. The lowest BCUT2D eigenvalue weighted by Crippen LogP contribution is -2.26. The predicted octanol–water partition coefficient (Wildman–Crippen LogP) is 2.03. The monoisotopic (exact) mass is 194 g/mol. The normalized spacial score (nSPS) is 12.3. The molecule has 0 spiro atoms. The van der Waals surface area contributed by atoms with E-state index in [0.29, 0.717) is 0 Å². The van der Waals surface area contributed by atoms with Crippen LogP contribution in [0.3, 0.4) is 0 Å². The van der Waals surface area contributed by atoms with E-state index in [2.05, 4.69) is 23.1 Å². The highest BCUT2D eigenvalue weighted by molar-refractivity contribution is 7.09. The van der Waals surface area contributed by atoms with E-state index in [0.717, 1.165) is 19.4 Å². The Hall–Kier alpha value is -0.850. The van der Waals surface area contributed by atoms with Crippen molar-refractivity contribution >= 4 is 11.3 Å². The highest BCUT2D eigenvalue weighted by atomic mass is 32.1. The molecule has 70 valence electrons. The highest BCUT2D eigenvalue weighted by Gasteiger charge is 2.02. The second-order valence-corrected chi connectivity index (χ2v) is 3.83. The Labute approximate surface area is 83.4 Å². The second-order valence-electron chi connectivity index (χ2n) is 2.86. The van der Waals surface area contributed by atoms with E-state index in [1.54, 1.807) is 11.3 Å². The predicted molar refractivity (Wildman–Crippen MR) is 56.5 cm³/mol. The molecule has 13 heavy (non-hydrogen) atoms. The summed E-state index contributed by atoms with van der Waals surface area (Å²) < 4.78 is 0. The first-order valence-corrected chi connectivity index (χ1v) is 5.31. The third-order valence-electron chi connectivity index (χ3n) is 1.78. The van der Waals surface area contributed by atoms with Crippen molar-refractivity contribution in [2.75, 3.05) is 0 Å². The van der Waals surface area contributed by atoms with Gasteiger partial charge in [0.2, 0.25) is 0 Å². The first kappa shape index (κ1) is 10.2. The molecule has 0 amide bonds. The molecule has 0 aromatic carbocycles. The van der Waals surface area contributed by atoms with Gasteiger partial charge in [0.1, 0.15) is 0 Å². The van der Waals surface area contributed by atoms with Gasteiger partial charge in [0.15, 0.2) is 0 Å². The molecule has 1 heterocycles. The summed E-state index contributed by atoms with van der Waals surface area (Å²) in [6, 6.07) is 0.201. The van der Waals surface area contributed by atoms with Crippen molar-refractivity contribution in [3.05, 3.63) is 16.6 Å². The molecular weight excluding hydrogens is 180 g/mol. The van der Waals surface area contributed by atoms with Gasteiger partial charge in [-0.2, -0.15) is 0 Å². The molecule has 0 saturated carbocycles. The molecule has 0 fully saturated rings. The third-order valence-corrected chi connectivity index (χ3v) is 2.56. The fourth-order valence-electron chi connectivity index (χ4n) is 1.09. The van der Waals surface area contributed by atoms with Crippen molar-refractivity contribution in [2.45, 2.75) is 32.4 Å². The summed E-state index contributed by atoms with van der Waals surface area (Å²) in [5.74, 6) is 2.74. The largest absolute Gasteiger partial charge is 0.299 e. The van der Waals surface area contributed by atoms with Crippen molar-refractivity contribution in [3.63, 3.8) is 0 Å². The van der Waals surface area contributed by atoms with Crippen LogP contribution in [0.15, 0.2) is 11.7 Å². The molecule has 1 rings (SSSR count). The van der Waals surface area contributed by atoms with Gasteiger partial charge >= 0.3 is 0 Å². The standard InChI is InChI=1S/C10H14N2S/c1-3-5-9(4-2)12-7-10-6-11-8-13-10/h2,6,8-9,12H,3,5,7H2,1H3. The van der Waals surface area contributed by atoms with Gasteiger partial charge in [-0.25, -0.2) is 0 Å². The first-order chi connectivity index (χ1) is 6.36. The number of nitrogens with one attached hydrogen (secondary N) is 1. The first-order valence-electron chi connectivity index (χ1n) is 4.43. The Morgan fingerprint density at radius 2 is 2.62 bits per heavy atom. The maximum absolute atomic E-state index is 5.37. The van der Waals surface area contributed by atoms with Crippen molar-refractivity contribution < 1.29 is 0 Å². The summed E-state index contributed by atoms with van der Waals surface area (Å²) in [7, 11) is 0. The number of rotatable bonds is 5. The molecule has 1 aromatic rings. The van der Waals surface area contributed by atoms with Gasteiger partial charge in [-0.15, -0.1) is 17.8 Å². The Bertz CT molecular complexity index is 261. The number of thiazole rings is 1. The van der Waals surface area contributed by atoms with Crippen molar-refractivity contribution in [3.8, 4) is 12.3 Å². The minimum Gasteiger partial charge on any atom is -0.299 e. The van der Waals surface area contributed by atoms with Crippen molar-refractivity contribution in [2.24, 2.45) is 0 Å². The van der Waals surface area contributed by atoms with Gasteiger partial charge in [-0.3, -0.25) is 10.3 Å². The molecule has 0 aliphatic carbocycles. The molecule has 0 radical (unpaired) electrons. The fourth-order valence-corrected chi connectivity index (χ4v) is 1.63. The van der Waals surface area contributed by atoms with Crippen LogP contribution in [-0.4, -0.2) is 11.0 Å². The number of terminal acetylenes is 1. The molecule has 0 saturated heterocycles. The maximum Gasteiger partial charge on any atom is 0.0794 e. The van der Waals surface area contributed by atoms with Crippen LogP contribution in [0, 0.1) is 12.3 Å². The van der Waals surface area contributed by atoms with Crippen LogP contribution in [0.5, 0.6) is 0 Å². The van der Waals surface area contributed by atoms with Crippen molar-refractivity contribution in [1.29, 1.82) is 0 Å². The van der Waals surface area contributed by atoms with Gasteiger partial charge in [0.05, 0.1) is 11.6 Å². The zero-order valence-electron chi connectivity index (χ0n) is 7.79. The minimum atomic E-state index is 0.201. The summed E-state index contributed by atoms with van der Waals surface area (Å²) in [4.78, 5) is 5.23. The minimum absolute atomic E-state index is 0.201. The summed E-state index contributed by atoms with van der Waals surface area (Å²) in [6.45, 7) is 2.97. The smallest absolute Gasteiger partial charge is 0.0794 e. The van der Waals surface area contributed by atoms with E-state index in [1.807, 2.05) is 11.7 Å². The number of aromatic nitrogens is 1. The van der Waals surface area contributed by atoms with Crippen LogP contribution >= 0.6 is 11.3 Å². The average Bonchev–Trinajstić information content (AvgIpc) is 2.64. The van der Waals surface area contributed by atoms with Gasteiger partial charge in [-0.1, -0.05) is 19.3 Å². The van der Waals surface area contributed by atoms with Gasteiger partial charge in [-0.05, 0) is 6.42 Å². The lowest BCUT2D eigenvalue weighted by Gasteiger charge is -2.09. The Morgan fingerprint density at radius 3 is 3.15 bits per heavy atom. The molecule has 1 unspecified atom stereocenters. The number of hydrogen-bond donors (Lipinski definition) is 1. The van der Waals surface area contributed by atoms with Crippen LogP contribution < -0.4 is 5.32 Å². The van der Waals surface area contributed by atoms with Crippen LogP contribution in [-0.2, 0) is 6.54 Å². The topological polar surface area (TPSA) is 24.9 Å². The maximum atomic E-state index is 5.37. The van der Waals surface area contributed by atoms with Gasteiger partial charge in [0.25, 0.3) is 0 Å². The molecular formula is C10H14N2S. The van der Waals surface area contributed by atoms with Crippen LogP contribution in [0.1, 0.15) is 24.6 Å². The average molecular weight is 194 g/mol. The number of hydrogen-bond acceptors (Lipinski definition) is 3. The van der Waals surface area contributed by atoms with E-state index in [1.165, 1.54) is 4.88 Å². The summed E-state index contributed by atoms with van der Waals surface area (Å²) in [5.41, 5.74) is 1.84. The summed E-state index contributed by atoms with van der Waals surface area (Å²) >= 11 is 1.65. The van der Waals surface area contributed by atoms with Gasteiger partial charge in [0, 0.05) is 17.6 Å². The van der Waals surface area contributed by atoms with Crippen molar-refractivity contribution in [1.82, 2.24) is 10.3 Å². The molecule has 0 bridgehead atoms. The molecule has 0 aliphatic heterocycles. The number of nitrogens with zero attached hydrogens (tertiary/aromatic N) is 1. The van der Waals surface area contributed by atoms with Gasteiger partial charge < -0.3 is 0 Å². The van der Waals surface area contributed by atoms with Crippen LogP contribution in [0.4, 0.5) is 0 Å². The molecule has 2 nitrogen and oxygen atoms in total. The van der Waals surface area contributed by atoms with Crippen LogP contribution in [0.25, 0.3) is 0 Å². The zero-order valence-corrected chi connectivity index (χ0v) is 8.60. The summed E-state index contributed by atoms with van der Waals surface area (Å²) in [6.07, 6.45) is 9.40. The lowest BCUT2D eigenvalue weighted by molar-refractivity contribution is 0.566. The quantitative estimate of drug-likeness (QED) is 0.725. The lowest BCUT2D eigenvalue weighted by atomic mass is 10.2. The zero-order chi connectivity index (χ0) is 9.52. The Balaban J connectivity index is 2.29. The summed E-state index contributed by atoms with van der Waals surface area (Å²) in [5, 5.41) is 3.31. The second kappa shape index (κ2) is 5.74. The van der Waals surface area contributed by atoms with E-state index < -0.39 is 0 Å². The Morgan fingerprint density at radius 1 is 1.77 bits per heavy atom. The molecule has 0 aliphatic rings. The van der Waals surface area contributed by atoms with E-state index in [-0.39, 0.29) is 6.04 Å². The molecule has 3 heteroatoms.